The van der Waals surface area contributed by atoms with Crippen LogP contribution in [0.3, 0.4) is 0 Å². The minimum atomic E-state index is -0.734. The predicted molar refractivity (Wildman–Crippen MR) is 87.7 cm³/mol. The van der Waals surface area contributed by atoms with E-state index in [1.807, 2.05) is 32.0 Å². The van der Waals surface area contributed by atoms with Crippen LogP contribution in [-0.2, 0) is 14.2 Å². The van der Waals surface area contributed by atoms with E-state index in [1.54, 1.807) is 6.07 Å². The Morgan fingerprint density at radius 2 is 2.08 bits per heavy atom. The second-order valence-corrected chi connectivity index (χ2v) is 5.83. The van der Waals surface area contributed by atoms with Crippen molar-refractivity contribution in [1.82, 2.24) is 4.98 Å². The third kappa shape index (κ3) is 3.70. The van der Waals surface area contributed by atoms with Gasteiger partial charge in [-0.3, -0.25) is 0 Å². The van der Waals surface area contributed by atoms with Gasteiger partial charge in [-0.05, 0) is 25.0 Å². The molecule has 2 heterocycles. The third-order valence-electron chi connectivity index (χ3n) is 3.98. The second kappa shape index (κ2) is 7.04. The van der Waals surface area contributed by atoms with Crippen LogP contribution in [0, 0.1) is 13.8 Å². The summed E-state index contributed by atoms with van der Waals surface area (Å²) in [5.74, 6) is -0.163. The lowest BCUT2D eigenvalue weighted by molar-refractivity contribution is -0.771. The van der Waals surface area contributed by atoms with Crippen LogP contribution in [0.4, 0.5) is 5.82 Å². The number of esters is 1. The molecular formula is C17H20N3O5+. The van der Waals surface area contributed by atoms with Gasteiger partial charge in [0.25, 0.3) is 0 Å². The topological polar surface area (TPSA) is 108 Å². The molecule has 3 N–H and O–H groups in total. The van der Waals surface area contributed by atoms with Crippen LogP contribution >= 0.6 is 0 Å². The fraction of sp³-hybridized carbons (Fsp3) is 0.353. The third-order valence-corrected chi connectivity index (χ3v) is 3.98. The summed E-state index contributed by atoms with van der Waals surface area (Å²) in [6.45, 7) is 3.82. The number of nitrogens with zero attached hydrogens (tertiary/aromatic N) is 1. The van der Waals surface area contributed by atoms with E-state index in [2.05, 4.69) is 4.98 Å². The van der Waals surface area contributed by atoms with Gasteiger partial charge in [-0.25, -0.2) is 4.79 Å². The highest BCUT2D eigenvalue weighted by Crippen LogP contribution is 2.18. The van der Waals surface area contributed by atoms with Gasteiger partial charge in [-0.15, -0.1) is 0 Å². The molecule has 8 heteroatoms. The molecule has 0 amide bonds. The molecule has 8 nitrogen and oxygen atoms in total. The van der Waals surface area contributed by atoms with Crippen LogP contribution in [0.15, 0.2) is 35.3 Å². The maximum atomic E-state index is 12.3. The fourth-order valence-corrected chi connectivity index (χ4v) is 2.71. The van der Waals surface area contributed by atoms with Gasteiger partial charge in [0.05, 0.1) is 5.56 Å². The van der Waals surface area contributed by atoms with E-state index in [0.717, 1.165) is 11.1 Å². The Bertz CT molecular complexity index is 828. The maximum Gasteiger partial charge on any atom is 0.499 e. The Morgan fingerprint density at radius 3 is 2.76 bits per heavy atom. The van der Waals surface area contributed by atoms with Crippen LogP contribution in [0.2, 0.25) is 0 Å². The Hall–Kier alpha value is -2.71. The van der Waals surface area contributed by atoms with Crippen molar-refractivity contribution >= 4 is 11.8 Å². The number of aromatic nitrogens is 2. The summed E-state index contributed by atoms with van der Waals surface area (Å²) in [5, 5.41) is 0. The van der Waals surface area contributed by atoms with E-state index in [1.165, 1.54) is 10.8 Å². The molecule has 1 saturated heterocycles. The van der Waals surface area contributed by atoms with Gasteiger partial charge in [0.15, 0.2) is 12.1 Å². The molecular weight excluding hydrogens is 326 g/mol. The number of carbonyl (C=O) groups excluding carboxylic acids is 1. The van der Waals surface area contributed by atoms with Crippen molar-refractivity contribution in [3.05, 3.63) is 57.6 Å². The molecule has 1 aliphatic rings. The first kappa shape index (κ1) is 17.1. The van der Waals surface area contributed by atoms with E-state index >= 15 is 0 Å². The average Bonchev–Trinajstić information content (AvgIpc) is 3.01. The standard InChI is InChI=1S/C17H19N3O5/c1-10-4-3-5-11(2)15(10)16(21)24-9-14-23-8-13(25-14)20-7-6-12(18)19-17(20)22/h3-7,13-14H,8-9H2,1-2H3,(H2,18,19,22)/p+1/t13-,14-/m0/s1. The number of aromatic amines is 1. The quantitative estimate of drug-likeness (QED) is 0.620. The highest BCUT2D eigenvalue weighted by molar-refractivity contribution is 5.92. The van der Waals surface area contributed by atoms with Crippen molar-refractivity contribution in [2.45, 2.75) is 26.4 Å². The van der Waals surface area contributed by atoms with Crippen molar-refractivity contribution in [1.29, 1.82) is 0 Å². The van der Waals surface area contributed by atoms with Crippen LogP contribution < -0.4 is 16.0 Å². The maximum absolute atomic E-state index is 12.3. The number of ether oxygens (including phenoxy) is 3. The van der Waals surface area contributed by atoms with E-state index in [-0.39, 0.29) is 19.0 Å². The number of hydrogen-bond acceptors (Lipinski definition) is 6. The van der Waals surface area contributed by atoms with Crippen molar-refractivity contribution in [3.8, 4) is 0 Å². The lowest BCUT2D eigenvalue weighted by Crippen LogP contribution is -2.55. The number of H-pyrrole nitrogens is 1. The number of carbonyl (C=O) groups is 1. The van der Waals surface area contributed by atoms with Gasteiger partial charge >= 0.3 is 11.7 Å². The number of benzene rings is 1. The molecule has 1 aromatic carbocycles. The summed E-state index contributed by atoms with van der Waals surface area (Å²) in [5.41, 5.74) is 7.35. The largest absolute Gasteiger partial charge is 0.499 e. The number of rotatable bonds is 4. The van der Waals surface area contributed by atoms with Gasteiger partial charge in [0, 0.05) is 6.07 Å². The number of anilines is 1. The summed E-state index contributed by atoms with van der Waals surface area (Å²) < 4.78 is 17.7. The first-order chi connectivity index (χ1) is 12.0. The van der Waals surface area contributed by atoms with Gasteiger partial charge < -0.3 is 19.9 Å². The van der Waals surface area contributed by atoms with Crippen LogP contribution in [0.5, 0.6) is 0 Å². The van der Waals surface area contributed by atoms with Gasteiger partial charge in [0.2, 0.25) is 6.23 Å². The van der Waals surface area contributed by atoms with Crippen LogP contribution in [-0.4, -0.2) is 30.5 Å². The Balaban J connectivity index is 1.60. The zero-order chi connectivity index (χ0) is 18.0. The molecule has 132 valence electrons. The molecule has 0 saturated carbocycles. The lowest BCUT2D eigenvalue weighted by atomic mass is 10.0. The summed E-state index contributed by atoms with van der Waals surface area (Å²) in [4.78, 5) is 26.6. The normalized spacial score (nSPS) is 19.8. The highest BCUT2D eigenvalue weighted by Gasteiger charge is 2.33. The Kier molecular flexibility index (Phi) is 4.82. The second-order valence-electron chi connectivity index (χ2n) is 5.83. The monoisotopic (exact) mass is 346 g/mol. The molecule has 2 atom stereocenters. The molecule has 0 aliphatic carbocycles. The molecule has 25 heavy (non-hydrogen) atoms. The molecule has 1 aliphatic heterocycles. The Morgan fingerprint density at radius 1 is 1.36 bits per heavy atom. The van der Waals surface area contributed by atoms with Crippen molar-refractivity contribution in [2.24, 2.45) is 0 Å². The van der Waals surface area contributed by atoms with E-state index in [4.69, 9.17) is 19.9 Å². The fourth-order valence-electron chi connectivity index (χ4n) is 2.71. The molecule has 2 aromatic rings. The summed E-state index contributed by atoms with van der Waals surface area (Å²) in [6, 6.07) is 7.15. The molecule has 1 aromatic heterocycles. The SMILES string of the molecule is Cc1cccc(C)c1C(=O)OC[C@H]1OC[C@@H]([n+]2ccc(N)[nH]c2=O)O1. The zero-order valence-corrected chi connectivity index (χ0v) is 14.0. The summed E-state index contributed by atoms with van der Waals surface area (Å²) >= 11 is 0. The van der Waals surface area contributed by atoms with Gasteiger partial charge in [0.1, 0.15) is 19.4 Å². The van der Waals surface area contributed by atoms with E-state index in [0.29, 0.717) is 5.56 Å². The molecule has 1 fully saturated rings. The van der Waals surface area contributed by atoms with Crippen molar-refractivity contribution in [2.75, 3.05) is 18.9 Å². The highest BCUT2D eigenvalue weighted by atomic mass is 16.7. The van der Waals surface area contributed by atoms with E-state index < -0.39 is 24.2 Å². The molecule has 3 rings (SSSR count). The minimum Gasteiger partial charge on any atom is -0.457 e. The van der Waals surface area contributed by atoms with Gasteiger partial charge in [-0.2, -0.15) is 14.3 Å². The van der Waals surface area contributed by atoms with Crippen LogP contribution in [0.25, 0.3) is 0 Å². The zero-order valence-electron chi connectivity index (χ0n) is 14.0. The van der Waals surface area contributed by atoms with E-state index in [9.17, 15) is 9.59 Å². The number of nitrogens with two attached hydrogens (primary N) is 1. The summed E-state index contributed by atoms with van der Waals surface area (Å²) in [6.07, 6.45) is 0.184. The number of aryl methyl sites for hydroxylation is 2. The molecule has 0 unspecified atom stereocenters. The number of hydrogen-bond donors (Lipinski definition) is 2. The first-order valence-electron chi connectivity index (χ1n) is 7.86. The molecule has 0 spiro atoms. The number of nitrogen functional groups attached to an aromatic ring is 1. The molecule has 0 radical (unpaired) electrons. The number of nitrogens with one attached hydrogen (secondary N) is 1. The van der Waals surface area contributed by atoms with Crippen molar-refractivity contribution in [3.63, 3.8) is 0 Å². The van der Waals surface area contributed by atoms with Crippen molar-refractivity contribution < 1.29 is 23.6 Å². The Labute approximate surface area is 144 Å². The smallest absolute Gasteiger partial charge is 0.457 e. The lowest BCUT2D eigenvalue weighted by Gasteiger charge is -2.13. The van der Waals surface area contributed by atoms with Crippen LogP contribution in [0.1, 0.15) is 27.7 Å². The summed E-state index contributed by atoms with van der Waals surface area (Å²) in [7, 11) is 0. The predicted octanol–water partition coefficient (Wildman–Crippen LogP) is 0.590. The minimum absolute atomic E-state index is 0.0590. The molecule has 0 bridgehead atoms. The van der Waals surface area contributed by atoms with Gasteiger partial charge in [-0.1, -0.05) is 18.2 Å². The average molecular weight is 346 g/mol. The first-order valence-corrected chi connectivity index (χ1v) is 7.86.